The molecule has 2 N–H and O–H groups in total. The number of nitrogens with one attached hydrogen (secondary N) is 2. The molecule has 0 unspecified atom stereocenters. The number of rotatable bonds is 5. The number of hydrogen-bond acceptors (Lipinski definition) is 7. The van der Waals surface area contributed by atoms with Crippen LogP contribution in [0.15, 0.2) is 0 Å². The summed E-state index contributed by atoms with van der Waals surface area (Å²) >= 11 is 6.01. The van der Waals surface area contributed by atoms with Gasteiger partial charge in [0.25, 0.3) is 0 Å². The number of carbonyl (C=O) groups excluding carboxylic acids is 3. The van der Waals surface area contributed by atoms with Gasteiger partial charge in [0.1, 0.15) is 9.88 Å². The number of ether oxygens (including phenoxy) is 2. The Labute approximate surface area is 143 Å². The molecule has 0 atom stereocenters. The van der Waals surface area contributed by atoms with E-state index in [-0.39, 0.29) is 34.7 Å². The lowest BCUT2D eigenvalue weighted by Crippen LogP contribution is -2.32. The van der Waals surface area contributed by atoms with Crippen LogP contribution in [0.1, 0.15) is 46.4 Å². The first-order valence-electron chi connectivity index (χ1n) is 6.87. The van der Waals surface area contributed by atoms with Crippen LogP contribution in [0.5, 0.6) is 0 Å². The third-order valence-corrected chi connectivity index (χ3v) is 4.00. The van der Waals surface area contributed by atoms with Gasteiger partial charge in [-0.05, 0) is 38.6 Å². The first-order chi connectivity index (χ1) is 10.8. The highest BCUT2D eigenvalue weighted by molar-refractivity contribution is 7.80. The third-order valence-electron chi connectivity index (χ3n) is 2.60. The predicted octanol–water partition coefficient (Wildman–Crippen LogP) is 2.24. The second kappa shape index (κ2) is 8.59. The van der Waals surface area contributed by atoms with E-state index in [0.717, 1.165) is 11.3 Å². The van der Waals surface area contributed by atoms with E-state index in [4.69, 9.17) is 21.7 Å². The first-order valence-corrected chi connectivity index (χ1v) is 8.10. The normalized spacial score (nSPS) is 9.91. The van der Waals surface area contributed by atoms with Crippen LogP contribution < -0.4 is 10.6 Å². The Morgan fingerprint density at radius 3 is 2.22 bits per heavy atom. The van der Waals surface area contributed by atoms with Crippen molar-refractivity contribution in [2.24, 2.45) is 0 Å². The quantitative estimate of drug-likeness (QED) is 0.616. The Kier molecular flexibility index (Phi) is 7.11. The van der Waals surface area contributed by atoms with Crippen LogP contribution in [0.25, 0.3) is 0 Å². The standard InChI is InChI=1S/C14H18N2O5S2/c1-5-20-12(18)9-7(3)10(13(19)21-6-2)23-11(9)16-14(22)15-8(4)17/h5-6H2,1-4H3,(H2,15,16,17,22). The summed E-state index contributed by atoms with van der Waals surface area (Å²) in [6.45, 7) is 6.72. The second-order valence-electron chi connectivity index (χ2n) is 4.34. The van der Waals surface area contributed by atoms with E-state index in [1.54, 1.807) is 20.8 Å². The zero-order valence-electron chi connectivity index (χ0n) is 13.3. The number of amides is 1. The Morgan fingerprint density at radius 1 is 1.13 bits per heavy atom. The molecule has 1 rings (SSSR count). The lowest BCUT2D eigenvalue weighted by molar-refractivity contribution is -0.117. The van der Waals surface area contributed by atoms with Crippen LogP contribution in [0, 0.1) is 6.92 Å². The van der Waals surface area contributed by atoms with Crippen molar-refractivity contribution in [2.75, 3.05) is 18.5 Å². The fraction of sp³-hybridized carbons (Fsp3) is 0.429. The van der Waals surface area contributed by atoms with Gasteiger partial charge in [0.15, 0.2) is 5.11 Å². The number of anilines is 1. The molecule has 1 amide bonds. The Hall–Kier alpha value is -2.00. The summed E-state index contributed by atoms with van der Waals surface area (Å²) in [5.41, 5.74) is 0.646. The van der Waals surface area contributed by atoms with Crippen molar-refractivity contribution in [3.8, 4) is 0 Å². The molecule has 126 valence electrons. The Morgan fingerprint density at radius 2 is 1.70 bits per heavy atom. The number of thiocarbonyl (C=S) groups is 1. The monoisotopic (exact) mass is 358 g/mol. The van der Waals surface area contributed by atoms with E-state index < -0.39 is 11.9 Å². The van der Waals surface area contributed by atoms with Crippen LogP contribution in [-0.4, -0.2) is 36.2 Å². The Bertz CT molecular complexity index is 639. The average molecular weight is 358 g/mol. The fourth-order valence-corrected chi connectivity index (χ4v) is 3.14. The molecule has 1 aromatic heterocycles. The fourth-order valence-electron chi connectivity index (χ4n) is 1.74. The number of esters is 2. The lowest BCUT2D eigenvalue weighted by atomic mass is 10.1. The molecule has 1 heterocycles. The minimum absolute atomic E-state index is 0.0275. The summed E-state index contributed by atoms with van der Waals surface area (Å²) in [5, 5.41) is 5.49. The van der Waals surface area contributed by atoms with Crippen LogP contribution in [0.2, 0.25) is 0 Å². The topological polar surface area (TPSA) is 93.7 Å². The second-order valence-corrected chi connectivity index (χ2v) is 5.77. The van der Waals surface area contributed by atoms with Gasteiger partial charge in [-0.2, -0.15) is 0 Å². The zero-order chi connectivity index (χ0) is 17.6. The van der Waals surface area contributed by atoms with Crippen LogP contribution >= 0.6 is 23.6 Å². The minimum atomic E-state index is -0.579. The van der Waals surface area contributed by atoms with Crippen LogP contribution in [0.4, 0.5) is 5.00 Å². The third kappa shape index (κ3) is 5.00. The molecule has 23 heavy (non-hydrogen) atoms. The summed E-state index contributed by atoms with van der Waals surface area (Å²) in [5.74, 6) is -1.46. The van der Waals surface area contributed by atoms with E-state index in [1.807, 2.05) is 0 Å². The number of hydrogen-bond donors (Lipinski definition) is 2. The molecule has 0 saturated carbocycles. The largest absolute Gasteiger partial charge is 0.462 e. The molecule has 0 spiro atoms. The van der Waals surface area contributed by atoms with E-state index in [9.17, 15) is 14.4 Å². The van der Waals surface area contributed by atoms with Crippen molar-refractivity contribution >= 4 is 51.5 Å². The highest BCUT2D eigenvalue weighted by atomic mass is 32.1. The molecular weight excluding hydrogens is 340 g/mol. The van der Waals surface area contributed by atoms with Crippen molar-refractivity contribution in [1.29, 1.82) is 0 Å². The number of thiophene rings is 1. The van der Waals surface area contributed by atoms with Crippen LogP contribution in [-0.2, 0) is 14.3 Å². The molecule has 0 aliphatic carbocycles. The summed E-state index contributed by atoms with van der Waals surface area (Å²) < 4.78 is 9.99. The van der Waals surface area contributed by atoms with Crippen molar-refractivity contribution in [3.63, 3.8) is 0 Å². The maximum Gasteiger partial charge on any atom is 0.348 e. The summed E-state index contributed by atoms with van der Waals surface area (Å²) in [4.78, 5) is 35.4. The lowest BCUT2D eigenvalue weighted by Gasteiger charge is -2.08. The average Bonchev–Trinajstić information content (AvgIpc) is 2.75. The molecule has 0 aromatic carbocycles. The van der Waals surface area contributed by atoms with Crippen molar-refractivity contribution in [2.45, 2.75) is 27.7 Å². The van der Waals surface area contributed by atoms with Gasteiger partial charge in [-0.1, -0.05) is 0 Å². The van der Waals surface area contributed by atoms with Gasteiger partial charge in [0.05, 0.1) is 18.8 Å². The van der Waals surface area contributed by atoms with E-state index >= 15 is 0 Å². The van der Waals surface area contributed by atoms with Gasteiger partial charge in [0.2, 0.25) is 5.91 Å². The molecule has 0 aliphatic rings. The van der Waals surface area contributed by atoms with Gasteiger partial charge in [-0.15, -0.1) is 11.3 Å². The predicted molar refractivity (Wildman–Crippen MR) is 91.0 cm³/mol. The summed E-state index contributed by atoms with van der Waals surface area (Å²) in [7, 11) is 0. The minimum Gasteiger partial charge on any atom is -0.462 e. The molecular formula is C14H18N2O5S2. The highest BCUT2D eigenvalue weighted by Crippen LogP contribution is 2.34. The van der Waals surface area contributed by atoms with Gasteiger partial charge < -0.3 is 20.1 Å². The van der Waals surface area contributed by atoms with Gasteiger partial charge >= 0.3 is 11.9 Å². The summed E-state index contributed by atoms with van der Waals surface area (Å²) in [6, 6.07) is 0. The maximum atomic E-state index is 12.1. The van der Waals surface area contributed by atoms with E-state index in [1.165, 1.54) is 6.92 Å². The number of carbonyl (C=O) groups is 3. The van der Waals surface area contributed by atoms with E-state index in [2.05, 4.69) is 10.6 Å². The summed E-state index contributed by atoms with van der Waals surface area (Å²) in [6.07, 6.45) is 0. The highest BCUT2D eigenvalue weighted by Gasteiger charge is 2.26. The van der Waals surface area contributed by atoms with Crippen molar-refractivity contribution in [1.82, 2.24) is 5.32 Å². The smallest absolute Gasteiger partial charge is 0.348 e. The van der Waals surface area contributed by atoms with Gasteiger partial charge in [-0.3, -0.25) is 4.79 Å². The SMILES string of the molecule is CCOC(=O)c1sc(NC(=S)NC(C)=O)c(C(=O)OCC)c1C. The van der Waals surface area contributed by atoms with Gasteiger partial charge in [0, 0.05) is 6.92 Å². The molecule has 0 bridgehead atoms. The van der Waals surface area contributed by atoms with E-state index in [0.29, 0.717) is 10.6 Å². The molecule has 0 aliphatic heterocycles. The van der Waals surface area contributed by atoms with Gasteiger partial charge in [-0.25, -0.2) is 9.59 Å². The maximum absolute atomic E-state index is 12.1. The van der Waals surface area contributed by atoms with Crippen molar-refractivity contribution < 1.29 is 23.9 Å². The molecule has 0 fully saturated rings. The molecule has 1 aromatic rings. The first kappa shape index (κ1) is 19.0. The van der Waals surface area contributed by atoms with Crippen LogP contribution in [0.3, 0.4) is 0 Å². The van der Waals surface area contributed by atoms with Crippen molar-refractivity contribution in [3.05, 3.63) is 16.0 Å². The Balaban J connectivity index is 3.22. The zero-order valence-corrected chi connectivity index (χ0v) is 14.9. The molecule has 0 radical (unpaired) electrons. The molecule has 7 nitrogen and oxygen atoms in total. The molecule has 9 heteroatoms. The molecule has 0 saturated heterocycles.